The molecular weight excluding hydrogens is 645 g/mol. The Morgan fingerprint density at radius 2 is 1.56 bits per heavy atom. The van der Waals surface area contributed by atoms with Crippen molar-refractivity contribution in [2.75, 3.05) is 6.54 Å². The molecule has 8 nitrogen and oxygen atoms in total. The SMILES string of the molecule is C[C@H](NC(=O)[C@H](CCCNC1CCCc2cccnc21)NC(=O)c1ccc(CNCc2ccccn2)c2ccccc12)c1cccc2ccccc12. The van der Waals surface area contributed by atoms with Crippen LogP contribution in [0.2, 0.25) is 0 Å². The summed E-state index contributed by atoms with van der Waals surface area (Å²) < 4.78 is 0. The van der Waals surface area contributed by atoms with E-state index in [0.29, 0.717) is 38.0 Å². The lowest BCUT2D eigenvalue weighted by Gasteiger charge is -2.26. The van der Waals surface area contributed by atoms with E-state index in [4.69, 9.17) is 0 Å². The fraction of sp³-hybridized carbons (Fsp3) is 0.273. The van der Waals surface area contributed by atoms with Gasteiger partial charge in [0.05, 0.1) is 17.4 Å². The predicted octanol–water partition coefficient (Wildman–Crippen LogP) is 7.50. The van der Waals surface area contributed by atoms with E-state index in [1.54, 1.807) is 6.20 Å². The largest absolute Gasteiger partial charge is 0.348 e. The molecule has 0 saturated carbocycles. The Bertz CT molecular complexity index is 2150. The first kappa shape index (κ1) is 35.0. The van der Waals surface area contributed by atoms with Crippen molar-refractivity contribution < 1.29 is 9.59 Å². The highest BCUT2D eigenvalue weighted by molar-refractivity contribution is 6.09. The maximum atomic E-state index is 14.1. The molecule has 7 rings (SSSR count). The first-order valence-electron chi connectivity index (χ1n) is 18.4. The van der Waals surface area contributed by atoms with Gasteiger partial charge in [0.25, 0.3) is 5.91 Å². The second kappa shape index (κ2) is 16.7. The van der Waals surface area contributed by atoms with Gasteiger partial charge in [-0.25, -0.2) is 0 Å². The molecule has 0 aliphatic heterocycles. The lowest BCUT2D eigenvalue weighted by Crippen LogP contribution is -2.47. The van der Waals surface area contributed by atoms with Gasteiger partial charge >= 0.3 is 0 Å². The molecule has 2 heterocycles. The highest BCUT2D eigenvalue weighted by atomic mass is 16.2. The number of fused-ring (bicyclic) bond motifs is 3. The third-order valence-electron chi connectivity index (χ3n) is 10.1. The van der Waals surface area contributed by atoms with Crippen LogP contribution in [-0.4, -0.2) is 34.4 Å². The monoisotopic (exact) mass is 690 g/mol. The Kier molecular flexibility index (Phi) is 11.2. The fourth-order valence-electron chi connectivity index (χ4n) is 7.46. The van der Waals surface area contributed by atoms with Crippen LogP contribution in [0.5, 0.6) is 0 Å². The van der Waals surface area contributed by atoms with E-state index in [2.05, 4.69) is 61.6 Å². The lowest BCUT2D eigenvalue weighted by molar-refractivity contribution is -0.123. The van der Waals surface area contributed by atoms with Crippen LogP contribution in [0, 0.1) is 0 Å². The fourth-order valence-corrected chi connectivity index (χ4v) is 7.46. The molecule has 1 aliphatic carbocycles. The standard InChI is InChI=1S/C44H46N6O2/c1-30(35-20-8-13-31-12-2-3-17-36(31)35)49-44(52)41(22-11-26-47-40-21-9-14-32-15-10-27-48-42(32)40)50-43(51)39-24-23-33(37-18-4-5-19-38(37)39)28-45-29-34-16-6-7-25-46-34/h2-8,10,12-13,15-20,23-25,27,30,40-41,45,47H,9,11,14,21-22,26,28-29H2,1H3,(H,49,52)(H,50,51)/t30-,40?,41-/m0/s1. The van der Waals surface area contributed by atoms with Gasteiger partial charge in [-0.2, -0.15) is 0 Å². The van der Waals surface area contributed by atoms with Crippen LogP contribution in [0.1, 0.15) is 83.1 Å². The van der Waals surface area contributed by atoms with E-state index in [1.807, 2.05) is 92.0 Å². The van der Waals surface area contributed by atoms with E-state index >= 15 is 0 Å². The topological polar surface area (TPSA) is 108 Å². The molecule has 0 bridgehead atoms. The van der Waals surface area contributed by atoms with Gasteiger partial charge in [0.15, 0.2) is 0 Å². The zero-order valence-electron chi connectivity index (χ0n) is 29.6. The minimum atomic E-state index is -0.720. The third-order valence-corrected chi connectivity index (χ3v) is 10.1. The summed E-state index contributed by atoms with van der Waals surface area (Å²) in [5.74, 6) is -0.460. The van der Waals surface area contributed by atoms with Crippen molar-refractivity contribution >= 4 is 33.4 Å². The van der Waals surface area contributed by atoms with Crippen LogP contribution in [-0.2, 0) is 24.3 Å². The Balaban J connectivity index is 1.07. The summed E-state index contributed by atoms with van der Waals surface area (Å²) in [6.45, 7) is 3.98. The highest BCUT2D eigenvalue weighted by Gasteiger charge is 2.26. The molecule has 0 fully saturated rings. The number of carbonyl (C=O) groups is 2. The molecule has 0 saturated heterocycles. The van der Waals surface area contributed by atoms with Gasteiger partial charge in [-0.3, -0.25) is 19.6 Å². The molecule has 1 unspecified atom stereocenters. The van der Waals surface area contributed by atoms with E-state index in [1.165, 1.54) is 5.56 Å². The number of nitrogens with one attached hydrogen (secondary N) is 4. The maximum Gasteiger partial charge on any atom is 0.252 e. The summed E-state index contributed by atoms with van der Waals surface area (Å²) >= 11 is 0. The minimum Gasteiger partial charge on any atom is -0.348 e. The van der Waals surface area contributed by atoms with Crippen LogP contribution in [0.4, 0.5) is 0 Å². The normalized spacial score (nSPS) is 15.1. The van der Waals surface area contributed by atoms with E-state index in [9.17, 15) is 9.59 Å². The van der Waals surface area contributed by atoms with Crippen LogP contribution in [0.25, 0.3) is 21.5 Å². The van der Waals surface area contributed by atoms with E-state index in [-0.39, 0.29) is 23.9 Å². The average Bonchev–Trinajstić information content (AvgIpc) is 3.19. The zero-order valence-corrected chi connectivity index (χ0v) is 29.6. The third kappa shape index (κ3) is 8.20. The molecule has 2 aromatic heterocycles. The van der Waals surface area contributed by atoms with E-state index < -0.39 is 6.04 Å². The molecule has 4 aromatic carbocycles. The van der Waals surface area contributed by atoms with Crippen molar-refractivity contribution in [3.63, 3.8) is 0 Å². The Hall–Kier alpha value is -5.44. The smallest absolute Gasteiger partial charge is 0.252 e. The van der Waals surface area contributed by atoms with Crippen molar-refractivity contribution in [2.45, 2.75) is 70.2 Å². The van der Waals surface area contributed by atoms with Crippen molar-refractivity contribution in [1.29, 1.82) is 0 Å². The van der Waals surface area contributed by atoms with Gasteiger partial charge in [-0.1, -0.05) is 84.9 Å². The second-order valence-electron chi connectivity index (χ2n) is 13.7. The minimum absolute atomic E-state index is 0.196. The summed E-state index contributed by atoms with van der Waals surface area (Å²) in [5.41, 5.74) is 6.08. The average molecular weight is 691 g/mol. The summed E-state index contributed by atoms with van der Waals surface area (Å²) in [4.78, 5) is 37.2. The van der Waals surface area contributed by atoms with Gasteiger partial charge in [-0.15, -0.1) is 0 Å². The van der Waals surface area contributed by atoms with Gasteiger partial charge in [0.1, 0.15) is 6.04 Å². The number of amides is 2. The van der Waals surface area contributed by atoms with Crippen LogP contribution in [0.15, 0.2) is 122 Å². The van der Waals surface area contributed by atoms with Gasteiger partial charge < -0.3 is 21.3 Å². The number of nitrogens with zero attached hydrogens (tertiary/aromatic N) is 2. The molecule has 0 radical (unpaired) electrons. The number of rotatable bonds is 14. The van der Waals surface area contributed by atoms with Crippen molar-refractivity contribution in [1.82, 2.24) is 31.2 Å². The molecule has 1 aliphatic rings. The lowest BCUT2D eigenvalue weighted by atomic mass is 9.92. The number of aryl methyl sites for hydroxylation is 1. The van der Waals surface area contributed by atoms with Gasteiger partial charge in [0.2, 0.25) is 5.91 Å². The Morgan fingerprint density at radius 1 is 0.769 bits per heavy atom. The molecule has 4 N–H and O–H groups in total. The summed E-state index contributed by atoms with van der Waals surface area (Å²) in [6.07, 6.45) is 8.07. The molecule has 52 heavy (non-hydrogen) atoms. The van der Waals surface area contributed by atoms with Crippen LogP contribution < -0.4 is 21.3 Å². The highest BCUT2D eigenvalue weighted by Crippen LogP contribution is 2.28. The molecule has 8 heteroatoms. The van der Waals surface area contributed by atoms with Crippen LogP contribution in [0.3, 0.4) is 0 Å². The van der Waals surface area contributed by atoms with Gasteiger partial charge in [-0.05, 0) is 108 Å². The summed E-state index contributed by atoms with van der Waals surface area (Å²) in [6, 6.07) is 35.5. The number of benzene rings is 4. The van der Waals surface area contributed by atoms with E-state index in [0.717, 1.165) is 63.3 Å². The van der Waals surface area contributed by atoms with Crippen LogP contribution >= 0.6 is 0 Å². The first-order chi connectivity index (χ1) is 25.5. The number of carbonyl (C=O) groups excluding carboxylic acids is 2. The predicted molar refractivity (Wildman–Crippen MR) is 208 cm³/mol. The summed E-state index contributed by atoms with van der Waals surface area (Å²) in [5, 5.41) is 17.6. The van der Waals surface area contributed by atoms with Crippen molar-refractivity contribution in [2.24, 2.45) is 0 Å². The Morgan fingerprint density at radius 3 is 2.42 bits per heavy atom. The molecular formula is C44H46N6O2. The molecule has 6 aromatic rings. The number of hydrogen-bond acceptors (Lipinski definition) is 6. The number of aromatic nitrogens is 2. The molecule has 3 atom stereocenters. The number of hydrogen-bond donors (Lipinski definition) is 4. The van der Waals surface area contributed by atoms with Gasteiger partial charge in [0, 0.05) is 37.1 Å². The quantitative estimate of drug-likeness (QED) is 0.0883. The first-order valence-corrected chi connectivity index (χ1v) is 18.4. The van der Waals surface area contributed by atoms with Crippen molar-refractivity contribution in [3.8, 4) is 0 Å². The Labute approximate surface area is 305 Å². The second-order valence-corrected chi connectivity index (χ2v) is 13.7. The molecule has 264 valence electrons. The summed E-state index contributed by atoms with van der Waals surface area (Å²) in [7, 11) is 0. The maximum absolute atomic E-state index is 14.1. The number of pyridine rings is 2. The van der Waals surface area contributed by atoms with Crippen molar-refractivity contribution in [3.05, 3.63) is 155 Å². The molecule has 0 spiro atoms. The molecule has 2 amide bonds. The zero-order chi connectivity index (χ0) is 35.7.